The Hall–Kier alpha value is -1.87. The lowest BCUT2D eigenvalue weighted by molar-refractivity contribution is 0.305. The lowest BCUT2D eigenvalue weighted by Gasteiger charge is -2.12. The maximum Gasteiger partial charge on any atom is 0.123 e. The highest BCUT2D eigenvalue weighted by molar-refractivity contribution is 5.31. The first-order valence-electron chi connectivity index (χ1n) is 7.31. The minimum Gasteiger partial charge on any atom is -0.489 e. The Morgan fingerprint density at radius 1 is 1.19 bits per heavy atom. The average Bonchev–Trinajstić information content (AvgIpc) is 2.46. The summed E-state index contributed by atoms with van der Waals surface area (Å²) in [6, 6.07) is 12.9. The number of nitrogens with two attached hydrogens (primary N) is 1. The summed E-state index contributed by atoms with van der Waals surface area (Å²) in [6.07, 6.45) is 1.81. The van der Waals surface area contributed by atoms with Gasteiger partial charge in [0.15, 0.2) is 0 Å². The third-order valence-corrected chi connectivity index (χ3v) is 3.62. The fraction of sp³-hybridized carbons (Fsp3) is 0.333. The van der Waals surface area contributed by atoms with E-state index in [9.17, 15) is 4.39 Å². The van der Waals surface area contributed by atoms with E-state index in [1.165, 1.54) is 17.7 Å². The van der Waals surface area contributed by atoms with Gasteiger partial charge in [0.05, 0.1) is 0 Å². The number of hydrogen-bond donors (Lipinski definition) is 1. The van der Waals surface area contributed by atoms with Crippen LogP contribution in [0.25, 0.3) is 0 Å². The molecule has 0 aliphatic heterocycles. The highest BCUT2D eigenvalue weighted by Gasteiger charge is 2.04. The molecule has 0 heterocycles. The van der Waals surface area contributed by atoms with Crippen LogP contribution in [-0.2, 0) is 13.0 Å². The van der Waals surface area contributed by atoms with E-state index >= 15 is 0 Å². The van der Waals surface area contributed by atoms with Crippen molar-refractivity contribution in [2.24, 2.45) is 5.73 Å². The molecule has 2 N–H and O–H groups in total. The second-order valence-electron chi connectivity index (χ2n) is 5.38. The van der Waals surface area contributed by atoms with Crippen LogP contribution in [0.15, 0.2) is 42.5 Å². The third-order valence-electron chi connectivity index (χ3n) is 3.62. The van der Waals surface area contributed by atoms with Crippen LogP contribution in [0.4, 0.5) is 4.39 Å². The van der Waals surface area contributed by atoms with Gasteiger partial charge in [0.1, 0.15) is 18.2 Å². The minimum absolute atomic E-state index is 0.180. The minimum atomic E-state index is -0.216. The van der Waals surface area contributed by atoms with E-state index in [-0.39, 0.29) is 11.9 Å². The van der Waals surface area contributed by atoms with Crippen molar-refractivity contribution < 1.29 is 9.13 Å². The molecule has 21 heavy (non-hydrogen) atoms. The van der Waals surface area contributed by atoms with Crippen molar-refractivity contribution in [3.8, 4) is 5.75 Å². The highest BCUT2D eigenvalue weighted by Crippen LogP contribution is 2.18. The molecule has 0 aromatic heterocycles. The van der Waals surface area contributed by atoms with E-state index in [2.05, 4.69) is 13.0 Å². The van der Waals surface area contributed by atoms with Crippen LogP contribution in [0.3, 0.4) is 0 Å². The Morgan fingerprint density at radius 3 is 2.71 bits per heavy atom. The Morgan fingerprint density at radius 2 is 2.00 bits per heavy atom. The van der Waals surface area contributed by atoms with Crippen molar-refractivity contribution in [2.45, 2.75) is 39.3 Å². The molecular weight excluding hydrogens is 265 g/mol. The van der Waals surface area contributed by atoms with E-state index in [4.69, 9.17) is 10.5 Å². The summed E-state index contributed by atoms with van der Waals surface area (Å²) in [7, 11) is 0. The Bertz CT molecular complexity index is 598. The lowest BCUT2D eigenvalue weighted by atomic mass is 10.0. The van der Waals surface area contributed by atoms with Gasteiger partial charge in [0, 0.05) is 6.04 Å². The van der Waals surface area contributed by atoms with Gasteiger partial charge in [-0.15, -0.1) is 0 Å². The zero-order valence-corrected chi connectivity index (χ0v) is 12.6. The smallest absolute Gasteiger partial charge is 0.123 e. The molecule has 112 valence electrons. The van der Waals surface area contributed by atoms with E-state index < -0.39 is 0 Å². The van der Waals surface area contributed by atoms with Crippen molar-refractivity contribution in [3.63, 3.8) is 0 Å². The van der Waals surface area contributed by atoms with Gasteiger partial charge < -0.3 is 10.5 Å². The standard InChI is InChI=1S/C18H22FNO/c1-3-17(20)10-14-5-4-6-18(11-14)21-12-15-7-8-16(19)9-13(15)2/h4-9,11,17H,3,10,12,20H2,1-2H3. The summed E-state index contributed by atoms with van der Waals surface area (Å²) in [5.74, 6) is 0.603. The van der Waals surface area contributed by atoms with E-state index in [1.54, 1.807) is 6.07 Å². The molecule has 3 heteroatoms. The molecule has 0 aliphatic carbocycles. The van der Waals surface area contributed by atoms with Gasteiger partial charge in [-0.2, -0.15) is 0 Å². The van der Waals surface area contributed by atoms with Gasteiger partial charge in [0.25, 0.3) is 0 Å². The van der Waals surface area contributed by atoms with Crippen molar-refractivity contribution in [2.75, 3.05) is 0 Å². The summed E-state index contributed by atoms with van der Waals surface area (Å²) in [5, 5.41) is 0. The molecule has 0 fully saturated rings. The molecule has 2 aromatic carbocycles. The first kappa shape index (κ1) is 15.5. The molecule has 1 unspecified atom stereocenters. The van der Waals surface area contributed by atoms with Crippen LogP contribution in [0.5, 0.6) is 5.75 Å². The van der Waals surface area contributed by atoms with Crippen molar-refractivity contribution in [1.82, 2.24) is 0 Å². The zero-order chi connectivity index (χ0) is 15.2. The molecule has 2 nitrogen and oxygen atoms in total. The predicted octanol–water partition coefficient (Wildman–Crippen LogP) is 3.99. The van der Waals surface area contributed by atoms with Crippen molar-refractivity contribution in [1.29, 1.82) is 0 Å². The number of ether oxygens (including phenoxy) is 1. The molecular formula is C18H22FNO. The maximum atomic E-state index is 13.1. The fourth-order valence-electron chi connectivity index (χ4n) is 2.19. The van der Waals surface area contributed by atoms with E-state index in [0.29, 0.717) is 6.61 Å². The third kappa shape index (κ3) is 4.57. The fourth-order valence-corrected chi connectivity index (χ4v) is 2.19. The lowest BCUT2D eigenvalue weighted by Crippen LogP contribution is -2.21. The monoisotopic (exact) mass is 287 g/mol. The van der Waals surface area contributed by atoms with Crippen molar-refractivity contribution in [3.05, 3.63) is 65.0 Å². The van der Waals surface area contributed by atoms with Crippen LogP contribution < -0.4 is 10.5 Å². The molecule has 0 aliphatic rings. The quantitative estimate of drug-likeness (QED) is 0.871. The Labute approximate surface area is 125 Å². The molecule has 0 saturated heterocycles. The largest absolute Gasteiger partial charge is 0.489 e. The first-order valence-corrected chi connectivity index (χ1v) is 7.31. The molecule has 0 spiro atoms. The Balaban J connectivity index is 2.01. The van der Waals surface area contributed by atoms with E-state index in [0.717, 1.165) is 29.7 Å². The first-order chi connectivity index (χ1) is 10.1. The topological polar surface area (TPSA) is 35.2 Å². The van der Waals surface area contributed by atoms with Gasteiger partial charge in [-0.25, -0.2) is 4.39 Å². The average molecular weight is 287 g/mol. The van der Waals surface area contributed by atoms with Crippen LogP contribution >= 0.6 is 0 Å². The summed E-state index contributed by atoms with van der Waals surface area (Å²) in [5.41, 5.74) is 9.05. The second kappa shape index (κ2) is 7.23. The van der Waals surface area contributed by atoms with Gasteiger partial charge in [0.2, 0.25) is 0 Å². The molecule has 0 bridgehead atoms. The second-order valence-corrected chi connectivity index (χ2v) is 5.38. The predicted molar refractivity (Wildman–Crippen MR) is 83.9 cm³/mol. The summed E-state index contributed by atoms with van der Waals surface area (Å²) in [6.45, 7) is 4.41. The van der Waals surface area contributed by atoms with Gasteiger partial charge >= 0.3 is 0 Å². The normalized spacial score (nSPS) is 12.2. The summed E-state index contributed by atoms with van der Waals surface area (Å²) >= 11 is 0. The number of halogens is 1. The summed E-state index contributed by atoms with van der Waals surface area (Å²) < 4.78 is 18.9. The van der Waals surface area contributed by atoms with Crippen molar-refractivity contribution >= 4 is 0 Å². The zero-order valence-electron chi connectivity index (χ0n) is 12.6. The van der Waals surface area contributed by atoms with Crippen LogP contribution in [-0.4, -0.2) is 6.04 Å². The molecule has 2 rings (SSSR count). The molecule has 0 saturated carbocycles. The van der Waals surface area contributed by atoms with Gasteiger partial charge in [-0.05, 0) is 60.7 Å². The SMILES string of the molecule is CCC(N)Cc1cccc(OCc2ccc(F)cc2C)c1. The number of hydrogen-bond acceptors (Lipinski definition) is 2. The van der Waals surface area contributed by atoms with Crippen LogP contribution in [0, 0.1) is 12.7 Å². The molecule has 0 amide bonds. The molecule has 1 atom stereocenters. The van der Waals surface area contributed by atoms with Crippen LogP contribution in [0.2, 0.25) is 0 Å². The molecule has 2 aromatic rings. The molecule has 0 radical (unpaired) electrons. The van der Waals surface area contributed by atoms with Crippen LogP contribution in [0.1, 0.15) is 30.0 Å². The highest BCUT2D eigenvalue weighted by atomic mass is 19.1. The van der Waals surface area contributed by atoms with Gasteiger partial charge in [-0.1, -0.05) is 25.1 Å². The van der Waals surface area contributed by atoms with E-state index in [1.807, 2.05) is 25.1 Å². The Kier molecular flexibility index (Phi) is 5.34. The number of rotatable bonds is 6. The summed E-state index contributed by atoms with van der Waals surface area (Å²) in [4.78, 5) is 0. The van der Waals surface area contributed by atoms with Gasteiger partial charge in [-0.3, -0.25) is 0 Å². The maximum absolute atomic E-state index is 13.1. The number of aryl methyl sites for hydroxylation is 1. The number of benzene rings is 2.